The van der Waals surface area contributed by atoms with Gasteiger partial charge in [-0.1, -0.05) is 30.3 Å². The molecule has 1 aliphatic rings. The van der Waals surface area contributed by atoms with Crippen LogP contribution >= 0.6 is 23.5 Å². The Labute approximate surface area is 112 Å². The van der Waals surface area contributed by atoms with Crippen molar-refractivity contribution in [3.8, 4) is 0 Å². The predicted molar refractivity (Wildman–Crippen MR) is 79.4 cm³/mol. The van der Waals surface area contributed by atoms with E-state index < -0.39 is 0 Å². The molecule has 2 unspecified atom stereocenters. The second-order valence-corrected chi connectivity index (χ2v) is 6.78. The molecule has 3 N–H and O–H groups in total. The maximum Gasteiger partial charge on any atom is 0.0340 e. The number of thioether (sulfide) groups is 2. The number of nitrogens with two attached hydrogens (primary N) is 1. The molecule has 2 atom stereocenters. The summed E-state index contributed by atoms with van der Waals surface area (Å²) < 4.78 is 0. The molecule has 0 saturated carbocycles. The van der Waals surface area contributed by atoms with Gasteiger partial charge in [-0.3, -0.25) is 11.3 Å². The minimum Gasteiger partial charge on any atom is -0.271 e. The van der Waals surface area contributed by atoms with E-state index in [1.54, 1.807) is 0 Å². The van der Waals surface area contributed by atoms with Crippen molar-refractivity contribution in [2.75, 3.05) is 17.3 Å². The molecule has 1 aliphatic heterocycles. The lowest BCUT2D eigenvalue weighted by Gasteiger charge is -2.29. The molecule has 17 heavy (non-hydrogen) atoms. The van der Waals surface area contributed by atoms with Crippen LogP contribution in [0.1, 0.15) is 12.0 Å². The molecule has 4 heteroatoms. The van der Waals surface area contributed by atoms with Gasteiger partial charge in [0, 0.05) is 28.6 Å². The van der Waals surface area contributed by atoms with E-state index in [-0.39, 0.29) is 0 Å². The summed E-state index contributed by atoms with van der Waals surface area (Å²) >= 11 is 4.12. The molecule has 0 spiro atoms. The first-order valence-corrected chi connectivity index (χ1v) is 8.30. The number of aryl methyl sites for hydroxylation is 1. The third kappa shape index (κ3) is 4.21. The maximum absolute atomic E-state index is 5.70. The maximum atomic E-state index is 5.70. The van der Waals surface area contributed by atoms with E-state index in [9.17, 15) is 0 Å². The quantitative estimate of drug-likeness (QED) is 0.635. The van der Waals surface area contributed by atoms with Crippen LogP contribution in [0.4, 0.5) is 0 Å². The van der Waals surface area contributed by atoms with Crippen molar-refractivity contribution >= 4 is 23.5 Å². The standard InChI is InChI=1S/C13H20N2S2/c14-15-12(13-10-16-8-9-17-13)7-6-11-4-2-1-3-5-11/h1-5,12-13,15H,6-10,14H2. The number of hydrazine groups is 1. The summed E-state index contributed by atoms with van der Waals surface area (Å²) in [6.07, 6.45) is 2.23. The summed E-state index contributed by atoms with van der Waals surface area (Å²) in [5.41, 5.74) is 4.41. The first-order valence-electron chi connectivity index (χ1n) is 6.09. The minimum atomic E-state index is 0.438. The Morgan fingerprint density at radius 1 is 1.29 bits per heavy atom. The topological polar surface area (TPSA) is 38.0 Å². The second-order valence-electron chi connectivity index (χ2n) is 4.28. The largest absolute Gasteiger partial charge is 0.271 e. The van der Waals surface area contributed by atoms with Gasteiger partial charge in [-0.15, -0.1) is 0 Å². The van der Waals surface area contributed by atoms with Crippen LogP contribution in [0.25, 0.3) is 0 Å². The highest BCUT2D eigenvalue weighted by molar-refractivity contribution is 8.06. The SMILES string of the molecule is NNC(CCc1ccccc1)C1CSCCS1. The Morgan fingerprint density at radius 2 is 2.12 bits per heavy atom. The van der Waals surface area contributed by atoms with Crippen molar-refractivity contribution in [2.45, 2.75) is 24.1 Å². The Kier molecular flexibility index (Phi) is 5.71. The van der Waals surface area contributed by atoms with E-state index in [1.807, 2.05) is 0 Å². The van der Waals surface area contributed by atoms with E-state index in [2.05, 4.69) is 59.3 Å². The van der Waals surface area contributed by atoms with E-state index in [4.69, 9.17) is 5.84 Å². The molecule has 1 aromatic rings. The Balaban J connectivity index is 1.82. The number of hydrogen-bond acceptors (Lipinski definition) is 4. The highest BCUT2D eigenvalue weighted by atomic mass is 32.2. The third-order valence-electron chi connectivity index (χ3n) is 3.09. The number of nitrogens with one attached hydrogen (secondary N) is 1. The summed E-state index contributed by atoms with van der Waals surface area (Å²) in [5.74, 6) is 9.48. The molecule has 2 rings (SSSR count). The number of benzene rings is 1. The van der Waals surface area contributed by atoms with Gasteiger partial charge in [0.1, 0.15) is 0 Å². The molecule has 0 amide bonds. The van der Waals surface area contributed by atoms with Crippen molar-refractivity contribution in [3.05, 3.63) is 35.9 Å². The molecule has 94 valence electrons. The van der Waals surface area contributed by atoms with Crippen LogP contribution in [-0.2, 0) is 6.42 Å². The molecule has 0 radical (unpaired) electrons. The van der Waals surface area contributed by atoms with Crippen LogP contribution in [0, 0.1) is 0 Å². The average molecular weight is 268 g/mol. The summed E-state index contributed by atoms with van der Waals surface area (Å²) in [5, 5.41) is 0.669. The molecular weight excluding hydrogens is 248 g/mol. The van der Waals surface area contributed by atoms with E-state index in [1.165, 1.54) is 22.8 Å². The van der Waals surface area contributed by atoms with Gasteiger partial charge in [-0.2, -0.15) is 23.5 Å². The van der Waals surface area contributed by atoms with Crippen LogP contribution in [0.3, 0.4) is 0 Å². The van der Waals surface area contributed by atoms with Gasteiger partial charge in [0.25, 0.3) is 0 Å². The van der Waals surface area contributed by atoms with Gasteiger partial charge in [0.2, 0.25) is 0 Å². The van der Waals surface area contributed by atoms with Crippen molar-refractivity contribution in [3.63, 3.8) is 0 Å². The van der Waals surface area contributed by atoms with Crippen LogP contribution in [-0.4, -0.2) is 28.6 Å². The minimum absolute atomic E-state index is 0.438. The zero-order valence-electron chi connectivity index (χ0n) is 9.97. The molecule has 0 aliphatic carbocycles. The summed E-state index contributed by atoms with van der Waals surface area (Å²) in [4.78, 5) is 0. The van der Waals surface area contributed by atoms with Gasteiger partial charge in [-0.05, 0) is 18.4 Å². The Hall–Kier alpha value is -0.160. The zero-order valence-corrected chi connectivity index (χ0v) is 11.6. The molecule has 1 fully saturated rings. The first-order chi connectivity index (χ1) is 8.40. The van der Waals surface area contributed by atoms with Gasteiger partial charge in [0.05, 0.1) is 0 Å². The summed E-state index contributed by atoms with van der Waals surface area (Å²) in [6, 6.07) is 11.1. The van der Waals surface area contributed by atoms with E-state index in [0.29, 0.717) is 11.3 Å². The van der Waals surface area contributed by atoms with Gasteiger partial charge < -0.3 is 0 Å². The molecule has 1 heterocycles. The molecule has 1 aromatic carbocycles. The highest BCUT2D eigenvalue weighted by Crippen LogP contribution is 2.27. The van der Waals surface area contributed by atoms with Gasteiger partial charge >= 0.3 is 0 Å². The molecule has 0 aromatic heterocycles. The fourth-order valence-corrected chi connectivity index (χ4v) is 4.99. The van der Waals surface area contributed by atoms with Crippen LogP contribution in [0.2, 0.25) is 0 Å². The fraction of sp³-hybridized carbons (Fsp3) is 0.538. The third-order valence-corrected chi connectivity index (χ3v) is 6.01. The summed E-state index contributed by atoms with van der Waals surface area (Å²) in [7, 11) is 0. The Morgan fingerprint density at radius 3 is 2.76 bits per heavy atom. The number of hydrogen-bond donors (Lipinski definition) is 2. The molecule has 0 bridgehead atoms. The van der Waals surface area contributed by atoms with Crippen LogP contribution < -0.4 is 11.3 Å². The lowest BCUT2D eigenvalue weighted by molar-refractivity contribution is 0.492. The van der Waals surface area contributed by atoms with Crippen molar-refractivity contribution in [1.82, 2.24) is 5.43 Å². The molecular formula is C13H20N2S2. The lowest BCUT2D eigenvalue weighted by Crippen LogP contribution is -2.45. The number of rotatable bonds is 5. The van der Waals surface area contributed by atoms with Crippen molar-refractivity contribution in [2.24, 2.45) is 5.84 Å². The predicted octanol–water partition coefficient (Wildman–Crippen LogP) is 2.30. The normalized spacial score (nSPS) is 22.3. The zero-order chi connectivity index (χ0) is 11.9. The van der Waals surface area contributed by atoms with E-state index in [0.717, 1.165) is 12.8 Å². The average Bonchev–Trinajstić information content (AvgIpc) is 2.42. The monoisotopic (exact) mass is 268 g/mol. The first kappa shape index (κ1) is 13.3. The lowest BCUT2D eigenvalue weighted by atomic mass is 10.0. The summed E-state index contributed by atoms with van der Waals surface area (Å²) in [6.45, 7) is 0. The van der Waals surface area contributed by atoms with Crippen molar-refractivity contribution in [1.29, 1.82) is 0 Å². The molecule has 1 saturated heterocycles. The molecule has 2 nitrogen and oxygen atoms in total. The fourth-order valence-electron chi connectivity index (χ4n) is 2.08. The van der Waals surface area contributed by atoms with Gasteiger partial charge in [0.15, 0.2) is 0 Å². The smallest absolute Gasteiger partial charge is 0.0340 e. The van der Waals surface area contributed by atoms with Crippen LogP contribution in [0.15, 0.2) is 30.3 Å². The van der Waals surface area contributed by atoms with Gasteiger partial charge in [-0.25, -0.2) is 0 Å². The second kappa shape index (κ2) is 7.31. The Bertz CT molecular complexity index is 312. The highest BCUT2D eigenvalue weighted by Gasteiger charge is 2.23. The van der Waals surface area contributed by atoms with Crippen molar-refractivity contribution < 1.29 is 0 Å². The van der Waals surface area contributed by atoms with Crippen LogP contribution in [0.5, 0.6) is 0 Å². The van der Waals surface area contributed by atoms with E-state index >= 15 is 0 Å².